The van der Waals surface area contributed by atoms with Crippen LogP contribution in [0.4, 0.5) is 32.0 Å². The molecule has 4 aromatic heterocycles. The quantitative estimate of drug-likeness (QED) is 0.251. The van der Waals surface area contributed by atoms with Gasteiger partial charge in [-0.25, -0.2) is 18.7 Å². The van der Waals surface area contributed by atoms with Gasteiger partial charge in [-0.05, 0) is 43.2 Å². The van der Waals surface area contributed by atoms with Crippen molar-refractivity contribution in [2.24, 2.45) is 5.92 Å². The third-order valence-electron chi connectivity index (χ3n) is 7.63. The van der Waals surface area contributed by atoms with Crippen molar-refractivity contribution in [2.75, 3.05) is 5.32 Å². The van der Waals surface area contributed by atoms with Crippen molar-refractivity contribution in [2.45, 2.75) is 45.0 Å². The molecule has 0 fully saturated rings. The minimum atomic E-state index is -4.77. The topological polar surface area (TPSA) is 125 Å². The number of carbonyl (C=O) groups excluding carboxylic acids is 1. The van der Waals surface area contributed by atoms with E-state index in [0.717, 1.165) is 29.1 Å². The Kier molecular flexibility index (Phi) is 7.91. The lowest BCUT2D eigenvalue weighted by Gasteiger charge is -2.22. The average molecular weight is 644 g/mol. The molecule has 0 aliphatic carbocycles. The Bertz CT molecular complexity index is 1980. The van der Waals surface area contributed by atoms with E-state index in [1.807, 2.05) is 0 Å². The maximum absolute atomic E-state index is 14.3. The largest absolute Gasteiger partial charge is 0.436 e. The predicted octanol–water partition coefficient (Wildman–Crippen LogP) is 5.65. The third-order valence-corrected chi connectivity index (χ3v) is 7.63. The minimum Gasteiger partial charge on any atom is -0.323 e. The van der Waals surface area contributed by atoms with Gasteiger partial charge in [-0.2, -0.15) is 27.1 Å². The first-order chi connectivity index (χ1) is 21.9. The molecule has 238 valence electrons. The zero-order valence-corrected chi connectivity index (χ0v) is 23.8. The summed E-state index contributed by atoms with van der Waals surface area (Å²) in [7, 11) is 0. The van der Waals surface area contributed by atoms with E-state index >= 15 is 0 Å². The number of nitrogens with zero attached hydrogens (tertiary/aromatic N) is 8. The summed E-state index contributed by atoms with van der Waals surface area (Å²) in [5.41, 5.74) is -1.29. The molecular formula is C29H23F6N9O2. The summed E-state index contributed by atoms with van der Waals surface area (Å²) in [6.45, 7) is -1.32. The second-order valence-corrected chi connectivity index (χ2v) is 10.7. The van der Waals surface area contributed by atoms with Crippen LogP contribution in [0.15, 0.2) is 66.1 Å². The number of alkyl halides is 5. The van der Waals surface area contributed by atoms with Gasteiger partial charge in [0.05, 0.1) is 53.2 Å². The van der Waals surface area contributed by atoms with Gasteiger partial charge in [0, 0.05) is 29.3 Å². The molecule has 6 rings (SSSR count). The van der Waals surface area contributed by atoms with E-state index < -0.39 is 41.8 Å². The van der Waals surface area contributed by atoms with E-state index in [-0.39, 0.29) is 39.8 Å². The molecule has 1 amide bonds. The number of nitrogens with one attached hydrogen (secondary N) is 1. The maximum Gasteiger partial charge on any atom is 0.436 e. The lowest BCUT2D eigenvalue weighted by molar-refractivity contribution is -0.141. The number of fused-ring (bicyclic) bond motifs is 4. The van der Waals surface area contributed by atoms with Crippen molar-refractivity contribution >= 4 is 11.6 Å². The van der Waals surface area contributed by atoms with Crippen LogP contribution in [0, 0.1) is 11.7 Å². The molecule has 0 spiro atoms. The molecule has 2 unspecified atom stereocenters. The molecule has 1 aliphatic heterocycles. The molecule has 5 aromatic rings. The first-order valence-electron chi connectivity index (χ1n) is 13.9. The summed E-state index contributed by atoms with van der Waals surface area (Å²) in [5.74, 6) is -1.63. The van der Waals surface area contributed by atoms with Crippen LogP contribution in [0.3, 0.4) is 0 Å². The molecule has 1 aromatic carbocycles. The van der Waals surface area contributed by atoms with Crippen LogP contribution >= 0.6 is 0 Å². The Morgan fingerprint density at radius 3 is 2.57 bits per heavy atom. The zero-order chi connectivity index (χ0) is 32.7. The predicted molar refractivity (Wildman–Crippen MR) is 150 cm³/mol. The smallest absolute Gasteiger partial charge is 0.323 e. The molecule has 5 heterocycles. The Labute approximate surface area is 255 Å². The van der Waals surface area contributed by atoms with Crippen LogP contribution < -0.4 is 10.9 Å². The Balaban J connectivity index is 1.43. The molecule has 17 heteroatoms. The highest BCUT2D eigenvalue weighted by molar-refractivity contribution is 5.95. The monoisotopic (exact) mass is 643 g/mol. The van der Waals surface area contributed by atoms with Gasteiger partial charge in [-0.1, -0.05) is 18.6 Å². The highest BCUT2D eigenvalue weighted by Gasteiger charge is 2.35. The number of pyridine rings is 1. The fraction of sp³-hybridized carbons (Fsp3) is 0.276. The van der Waals surface area contributed by atoms with Gasteiger partial charge in [-0.3, -0.25) is 19.1 Å². The fourth-order valence-electron chi connectivity index (χ4n) is 5.32. The van der Waals surface area contributed by atoms with Gasteiger partial charge in [0.1, 0.15) is 5.82 Å². The number of carbonyl (C=O) groups is 1. The molecular weight excluding hydrogens is 620 g/mol. The summed E-state index contributed by atoms with van der Waals surface area (Å²) in [5, 5.41) is 13.1. The lowest BCUT2D eigenvalue weighted by Crippen LogP contribution is -2.27. The number of hydrogen-bond donors (Lipinski definition) is 1. The van der Waals surface area contributed by atoms with Crippen LogP contribution in [-0.2, 0) is 11.0 Å². The standard InChI is InChI=1S/C29H23F6N9O2/c1-15-3-2-4-23(20-9-16(7-8-36-20)26-21(39-27(15)46)12-38-44(26)28(31)32)42-14-37-19(11-25(42)45)18-10-17(30)5-6-22(18)43-13-24(40-41-43)29(33,34)35/h5-15,23,28H,2-4H2,1H3,(H,39,46). The van der Waals surface area contributed by atoms with Gasteiger partial charge >= 0.3 is 12.7 Å². The lowest BCUT2D eigenvalue weighted by atomic mass is 9.97. The number of halogens is 6. The van der Waals surface area contributed by atoms with Gasteiger partial charge in [0.2, 0.25) is 5.91 Å². The van der Waals surface area contributed by atoms with Crippen LogP contribution in [0.5, 0.6) is 0 Å². The van der Waals surface area contributed by atoms with Crippen LogP contribution in [0.1, 0.15) is 50.2 Å². The van der Waals surface area contributed by atoms with Crippen LogP contribution in [0.2, 0.25) is 0 Å². The molecule has 1 aliphatic rings. The molecule has 0 radical (unpaired) electrons. The van der Waals surface area contributed by atoms with E-state index in [0.29, 0.717) is 35.8 Å². The van der Waals surface area contributed by atoms with E-state index in [4.69, 9.17) is 0 Å². The van der Waals surface area contributed by atoms with E-state index in [2.05, 4.69) is 30.7 Å². The number of benzene rings is 1. The maximum atomic E-state index is 14.3. The highest BCUT2D eigenvalue weighted by atomic mass is 19.4. The number of aromatic nitrogens is 8. The van der Waals surface area contributed by atoms with Crippen molar-refractivity contribution in [1.29, 1.82) is 0 Å². The Hall–Kier alpha value is -5.35. The van der Waals surface area contributed by atoms with Crippen molar-refractivity contribution < 1.29 is 31.1 Å². The molecule has 2 bridgehead atoms. The molecule has 11 nitrogen and oxygen atoms in total. The Morgan fingerprint density at radius 1 is 1.04 bits per heavy atom. The number of anilines is 1. The summed E-state index contributed by atoms with van der Waals surface area (Å²) < 4.78 is 84.2. The van der Waals surface area contributed by atoms with E-state index in [9.17, 15) is 35.9 Å². The summed E-state index contributed by atoms with van der Waals surface area (Å²) >= 11 is 0. The molecule has 46 heavy (non-hydrogen) atoms. The highest BCUT2D eigenvalue weighted by Crippen LogP contribution is 2.35. The van der Waals surface area contributed by atoms with Gasteiger partial charge in [0.25, 0.3) is 5.56 Å². The number of hydrogen-bond acceptors (Lipinski definition) is 7. The van der Waals surface area contributed by atoms with Crippen LogP contribution in [0.25, 0.3) is 28.2 Å². The third kappa shape index (κ3) is 5.87. The molecule has 1 N–H and O–H groups in total. The normalized spacial score (nSPS) is 17.3. The second kappa shape index (κ2) is 11.9. The van der Waals surface area contributed by atoms with Gasteiger partial charge in [-0.15, -0.1) is 5.10 Å². The zero-order valence-electron chi connectivity index (χ0n) is 23.8. The number of rotatable bonds is 4. The fourth-order valence-corrected chi connectivity index (χ4v) is 5.32. The number of amides is 1. The van der Waals surface area contributed by atoms with E-state index in [1.165, 1.54) is 35.3 Å². The molecule has 0 saturated heterocycles. The SMILES string of the molecule is CC1CCCC(n2cnc(-c3cc(F)ccc3-n3cc(C(F)(F)F)nn3)cc2=O)c2cc(ccn2)-c2c(cnn2C(F)F)NC1=O. The molecule has 0 saturated carbocycles. The molecule has 2 atom stereocenters. The van der Waals surface area contributed by atoms with Crippen molar-refractivity contribution in [3.8, 4) is 28.2 Å². The average Bonchev–Trinajstić information content (AvgIpc) is 3.67. The first kappa shape index (κ1) is 30.7. The van der Waals surface area contributed by atoms with Gasteiger partial charge < -0.3 is 5.32 Å². The van der Waals surface area contributed by atoms with Gasteiger partial charge in [0.15, 0.2) is 5.69 Å². The summed E-state index contributed by atoms with van der Waals surface area (Å²) in [4.78, 5) is 35.2. The van der Waals surface area contributed by atoms with Crippen LogP contribution in [-0.4, -0.2) is 45.2 Å². The second-order valence-electron chi connectivity index (χ2n) is 10.7. The summed E-state index contributed by atoms with van der Waals surface area (Å²) in [6.07, 6.45) is 0.763. The van der Waals surface area contributed by atoms with Crippen molar-refractivity contribution in [3.63, 3.8) is 0 Å². The van der Waals surface area contributed by atoms with E-state index in [1.54, 1.807) is 6.92 Å². The Morgan fingerprint density at radius 2 is 1.85 bits per heavy atom. The summed E-state index contributed by atoms with van der Waals surface area (Å²) in [6, 6.07) is 6.55. The van der Waals surface area contributed by atoms with Crippen molar-refractivity contribution in [1.82, 2.24) is 39.3 Å². The first-order valence-corrected chi connectivity index (χ1v) is 13.9. The minimum absolute atomic E-state index is 0.00636. The van der Waals surface area contributed by atoms with Crippen molar-refractivity contribution in [3.05, 3.63) is 88.9 Å².